The molecular weight excluding hydrogens is 495 g/mol. The molecule has 0 bridgehead atoms. The predicted octanol–water partition coefficient (Wildman–Crippen LogP) is 5.90. The van der Waals surface area contributed by atoms with Crippen LogP contribution in [0.4, 0.5) is 15.8 Å². The molecule has 0 spiro atoms. The van der Waals surface area contributed by atoms with Crippen molar-refractivity contribution in [2.24, 2.45) is 0 Å². The number of carbonyl (C=O) groups excluding carboxylic acids is 1. The summed E-state index contributed by atoms with van der Waals surface area (Å²) in [4.78, 5) is 26.4. The molecular formula is C31H25FN4O3. The Kier molecular flexibility index (Phi) is 7.73. The summed E-state index contributed by atoms with van der Waals surface area (Å²) < 4.78 is 20.5. The molecule has 0 aliphatic rings. The average molecular weight is 521 g/mol. The van der Waals surface area contributed by atoms with Crippen molar-refractivity contribution in [2.75, 3.05) is 5.32 Å². The van der Waals surface area contributed by atoms with Crippen LogP contribution in [-0.4, -0.2) is 15.7 Å². The molecule has 1 aromatic heterocycles. The molecule has 0 radical (unpaired) electrons. The van der Waals surface area contributed by atoms with Gasteiger partial charge in [0.15, 0.2) is 11.4 Å². The van der Waals surface area contributed by atoms with Crippen molar-refractivity contribution in [1.29, 1.82) is 0 Å². The number of para-hydroxylation sites is 1. The summed E-state index contributed by atoms with van der Waals surface area (Å²) in [6, 6.07) is 31.4. The van der Waals surface area contributed by atoms with E-state index < -0.39 is 0 Å². The number of halogens is 1. The van der Waals surface area contributed by atoms with Gasteiger partial charge in [-0.15, -0.1) is 0 Å². The van der Waals surface area contributed by atoms with Crippen LogP contribution in [0.25, 0.3) is 0 Å². The molecule has 0 aliphatic heterocycles. The normalized spacial score (nSPS) is 10.6. The molecule has 7 nitrogen and oxygen atoms in total. The van der Waals surface area contributed by atoms with E-state index in [1.807, 2.05) is 48.5 Å². The maximum atomic E-state index is 13.5. The van der Waals surface area contributed by atoms with Crippen LogP contribution >= 0.6 is 0 Å². The number of benzene rings is 4. The summed E-state index contributed by atoms with van der Waals surface area (Å²) in [5.74, 6) is 0.163. The first-order valence-corrected chi connectivity index (χ1v) is 12.3. The van der Waals surface area contributed by atoms with Gasteiger partial charge in [0.1, 0.15) is 11.6 Å². The second kappa shape index (κ2) is 11.9. The van der Waals surface area contributed by atoms with E-state index in [0.717, 1.165) is 11.1 Å². The number of rotatable bonds is 9. The highest BCUT2D eigenvalue weighted by molar-refractivity contribution is 5.95. The van der Waals surface area contributed by atoms with Crippen LogP contribution in [0.5, 0.6) is 11.5 Å². The third-order valence-corrected chi connectivity index (χ3v) is 5.92. The standard InChI is InChI=1S/C31H25FN4O3/c32-25-16-14-22(15-17-25)19-33-30(37)24-10-7-11-26(18-24)35-29-28(39-27-12-5-2-6-13-27)20-34-36(31(29)38)21-23-8-3-1-4-9-23/h1-18,20,35H,19,21H2,(H,33,37). The number of hydrogen-bond donors (Lipinski definition) is 2. The van der Waals surface area contributed by atoms with E-state index in [1.165, 1.54) is 23.0 Å². The molecule has 2 N–H and O–H groups in total. The number of anilines is 2. The van der Waals surface area contributed by atoms with Crippen molar-refractivity contribution >= 4 is 17.3 Å². The number of carbonyl (C=O) groups is 1. The SMILES string of the molecule is O=C(NCc1ccc(F)cc1)c1cccc(Nc2c(Oc3ccccc3)cnn(Cc3ccccc3)c2=O)c1. The quantitative estimate of drug-likeness (QED) is 0.253. The number of aromatic nitrogens is 2. The molecule has 4 aromatic carbocycles. The molecule has 5 rings (SSSR count). The molecule has 0 fully saturated rings. The van der Waals surface area contributed by atoms with Crippen LogP contribution in [0.2, 0.25) is 0 Å². The molecule has 0 saturated heterocycles. The zero-order valence-electron chi connectivity index (χ0n) is 20.9. The lowest BCUT2D eigenvalue weighted by molar-refractivity contribution is 0.0951. The Bertz CT molecular complexity index is 1620. The van der Waals surface area contributed by atoms with E-state index in [9.17, 15) is 14.0 Å². The van der Waals surface area contributed by atoms with Crippen LogP contribution in [0.15, 0.2) is 120 Å². The van der Waals surface area contributed by atoms with E-state index >= 15 is 0 Å². The number of hydrogen-bond acceptors (Lipinski definition) is 5. The topological polar surface area (TPSA) is 85.2 Å². The Hall–Kier alpha value is -5.24. The minimum absolute atomic E-state index is 0.189. The first-order valence-electron chi connectivity index (χ1n) is 12.3. The second-order valence-corrected chi connectivity index (χ2v) is 8.76. The van der Waals surface area contributed by atoms with E-state index in [2.05, 4.69) is 15.7 Å². The molecule has 39 heavy (non-hydrogen) atoms. The predicted molar refractivity (Wildman–Crippen MR) is 148 cm³/mol. The van der Waals surface area contributed by atoms with Crippen molar-refractivity contribution in [3.63, 3.8) is 0 Å². The molecule has 0 aliphatic carbocycles. The molecule has 1 heterocycles. The summed E-state index contributed by atoms with van der Waals surface area (Å²) in [7, 11) is 0. The summed E-state index contributed by atoms with van der Waals surface area (Å²) in [5, 5.41) is 10.3. The molecule has 0 saturated carbocycles. The van der Waals surface area contributed by atoms with E-state index in [-0.39, 0.29) is 41.8 Å². The first kappa shape index (κ1) is 25.4. The lowest BCUT2D eigenvalue weighted by atomic mass is 10.1. The van der Waals surface area contributed by atoms with E-state index in [1.54, 1.807) is 48.5 Å². The van der Waals surface area contributed by atoms with Crippen molar-refractivity contribution in [3.05, 3.63) is 148 Å². The molecule has 194 valence electrons. The fraction of sp³-hybridized carbons (Fsp3) is 0.0645. The zero-order chi connectivity index (χ0) is 27.0. The largest absolute Gasteiger partial charge is 0.453 e. The first-order chi connectivity index (χ1) is 19.0. The van der Waals surface area contributed by atoms with Crippen LogP contribution in [0, 0.1) is 5.82 Å². The monoisotopic (exact) mass is 520 g/mol. The van der Waals surface area contributed by atoms with E-state index in [4.69, 9.17) is 4.74 Å². The van der Waals surface area contributed by atoms with Crippen LogP contribution in [-0.2, 0) is 13.1 Å². The van der Waals surface area contributed by atoms with Gasteiger partial charge in [0.05, 0.1) is 12.7 Å². The van der Waals surface area contributed by atoms with Crippen LogP contribution < -0.4 is 20.9 Å². The third-order valence-electron chi connectivity index (χ3n) is 5.92. The zero-order valence-corrected chi connectivity index (χ0v) is 20.9. The average Bonchev–Trinajstić information content (AvgIpc) is 2.97. The van der Waals surface area contributed by atoms with Gasteiger partial charge >= 0.3 is 0 Å². The highest BCUT2D eigenvalue weighted by atomic mass is 19.1. The van der Waals surface area contributed by atoms with Crippen LogP contribution in [0.3, 0.4) is 0 Å². The van der Waals surface area contributed by atoms with Gasteiger partial charge in [0.2, 0.25) is 0 Å². The Labute approximate surface area is 224 Å². The third kappa shape index (κ3) is 6.56. The van der Waals surface area contributed by atoms with Gasteiger partial charge in [-0.3, -0.25) is 9.59 Å². The van der Waals surface area contributed by atoms with Gasteiger partial charge in [0.25, 0.3) is 11.5 Å². The van der Waals surface area contributed by atoms with Gasteiger partial charge in [-0.25, -0.2) is 9.07 Å². The van der Waals surface area contributed by atoms with Gasteiger partial charge in [-0.05, 0) is 53.6 Å². The number of nitrogens with zero attached hydrogens (tertiary/aromatic N) is 2. The number of ether oxygens (including phenoxy) is 1. The van der Waals surface area contributed by atoms with Gasteiger partial charge in [-0.2, -0.15) is 5.10 Å². The molecule has 0 unspecified atom stereocenters. The molecule has 0 atom stereocenters. The summed E-state index contributed by atoms with van der Waals surface area (Å²) in [6.07, 6.45) is 1.50. The Morgan fingerprint density at radius 1 is 0.846 bits per heavy atom. The maximum Gasteiger partial charge on any atom is 0.294 e. The minimum Gasteiger partial charge on any atom is -0.453 e. The van der Waals surface area contributed by atoms with Crippen molar-refractivity contribution in [3.8, 4) is 11.5 Å². The summed E-state index contributed by atoms with van der Waals surface area (Å²) in [5.41, 5.74) is 2.43. The number of amides is 1. The second-order valence-electron chi connectivity index (χ2n) is 8.76. The van der Waals surface area contributed by atoms with Crippen molar-refractivity contribution in [2.45, 2.75) is 13.1 Å². The fourth-order valence-corrected chi connectivity index (χ4v) is 3.92. The summed E-state index contributed by atoms with van der Waals surface area (Å²) >= 11 is 0. The Balaban J connectivity index is 1.41. The number of nitrogens with one attached hydrogen (secondary N) is 2. The van der Waals surface area contributed by atoms with Gasteiger partial charge < -0.3 is 15.4 Å². The summed E-state index contributed by atoms with van der Waals surface area (Å²) in [6.45, 7) is 0.534. The lowest BCUT2D eigenvalue weighted by Crippen LogP contribution is -2.26. The van der Waals surface area contributed by atoms with E-state index in [0.29, 0.717) is 17.0 Å². The van der Waals surface area contributed by atoms with Crippen molar-refractivity contribution < 1.29 is 13.9 Å². The van der Waals surface area contributed by atoms with Gasteiger partial charge in [0, 0.05) is 17.8 Å². The smallest absolute Gasteiger partial charge is 0.294 e. The molecule has 5 aromatic rings. The highest BCUT2D eigenvalue weighted by Gasteiger charge is 2.16. The van der Waals surface area contributed by atoms with Crippen molar-refractivity contribution in [1.82, 2.24) is 15.1 Å². The maximum absolute atomic E-state index is 13.5. The molecule has 8 heteroatoms. The van der Waals surface area contributed by atoms with Gasteiger partial charge in [-0.1, -0.05) is 66.7 Å². The lowest BCUT2D eigenvalue weighted by Gasteiger charge is -2.15. The Morgan fingerprint density at radius 2 is 1.56 bits per heavy atom. The molecule has 1 amide bonds. The van der Waals surface area contributed by atoms with Crippen LogP contribution in [0.1, 0.15) is 21.5 Å². The Morgan fingerprint density at radius 3 is 2.31 bits per heavy atom. The fourth-order valence-electron chi connectivity index (χ4n) is 3.92. The minimum atomic E-state index is -0.376. The highest BCUT2D eigenvalue weighted by Crippen LogP contribution is 2.28.